The zero-order valence-corrected chi connectivity index (χ0v) is 10.3. The molecule has 0 aliphatic rings. The van der Waals surface area contributed by atoms with Crippen LogP contribution in [-0.4, -0.2) is 32.8 Å². The second-order valence-corrected chi connectivity index (χ2v) is 3.71. The molecular weight excluding hydrogens is 220 g/mol. The second kappa shape index (κ2) is 6.10. The van der Waals surface area contributed by atoms with Crippen LogP contribution in [0.15, 0.2) is 18.2 Å². The molecule has 0 saturated heterocycles. The second-order valence-electron chi connectivity index (χ2n) is 3.71. The third-order valence-electron chi connectivity index (χ3n) is 2.44. The molecule has 5 heteroatoms. The molecule has 0 radical (unpaired) electrons. The monoisotopic (exact) mass is 238 g/mol. The Labute approximate surface area is 101 Å². The molecule has 1 rings (SSSR count). The standard InChI is InChI=1S/C12H18N2O3/c1-8(16-2)7-14-12(15)9-4-5-11(17-3)10(13)6-9/h4-6,8H,7,13H2,1-3H3,(H,14,15). The van der Waals surface area contributed by atoms with Crippen molar-refractivity contribution >= 4 is 11.6 Å². The largest absolute Gasteiger partial charge is 0.495 e. The highest BCUT2D eigenvalue weighted by molar-refractivity contribution is 5.95. The smallest absolute Gasteiger partial charge is 0.251 e. The number of hydrogen-bond donors (Lipinski definition) is 2. The van der Waals surface area contributed by atoms with Gasteiger partial charge in [0.15, 0.2) is 0 Å². The number of rotatable bonds is 5. The minimum Gasteiger partial charge on any atom is -0.495 e. The normalized spacial score (nSPS) is 11.9. The van der Waals surface area contributed by atoms with Gasteiger partial charge < -0.3 is 20.5 Å². The predicted molar refractivity (Wildman–Crippen MR) is 66.2 cm³/mol. The molecule has 0 aliphatic carbocycles. The van der Waals surface area contributed by atoms with E-state index in [1.165, 1.54) is 7.11 Å². The van der Waals surface area contributed by atoms with E-state index in [9.17, 15) is 4.79 Å². The van der Waals surface area contributed by atoms with Gasteiger partial charge in [0.2, 0.25) is 0 Å². The van der Waals surface area contributed by atoms with Crippen molar-refractivity contribution in [3.05, 3.63) is 23.8 Å². The zero-order valence-electron chi connectivity index (χ0n) is 10.3. The molecular formula is C12H18N2O3. The first kappa shape index (κ1) is 13.3. The Morgan fingerprint density at radius 2 is 2.18 bits per heavy atom. The molecule has 1 aromatic rings. The third kappa shape index (κ3) is 3.64. The van der Waals surface area contributed by atoms with Crippen LogP contribution in [0.25, 0.3) is 0 Å². The molecule has 5 nitrogen and oxygen atoms in total. The van der Waals surface area contributed by atoms with Gasteiger partial charge in [0.05, 0.1) is 18.9 Å². The Morgan fingerprint density at radius 3 is 2.71 bits per heavy atom. The van der Waals surface area contributed by atoms with Crippen molar-refractivity contribution in [3.8, 4) is 5.75 Å². The quantitative estimate of drug-likeness (QED) is 0.752. The van der Waals surface area contributed by atoms with Gasteiger partial charge in [-0.25, -0.2) is 0 Å². The van der Waals surface area contributed by atoms with Crippen molar-refractivity contribution in [2.45, 2.75) is 13.0 Å². The lowest BCUT2D eigenvalue weighted by Gasteiger charge is -2.11. The van der Waals surface area contributed by atoms with Gasteiger partial charge >= 0.3 is 0 Å². The number of nitrogen functional groups attached to an aromatic ring is 1. The number of amides is 1. The van der Waals surface area contributed by atoms with Gasteiger partial charge in [-0.3, -0.25) is 4.79 Å². The van der Waals surface area contributed by atoms with Gasteiger partial charge in [0.1, 0.15) is 5.75 Å². The highest BCUT2D eigenvalue weighted by atomic mass is 16.5. The summed E-state index contributed by atoms with van der Waals surface area (Å²) in [5.41, 5.74) is 6.67. The summed E-state index contributed by atoms with van der Waals surface area (Å²) < 4.78 is 10.1. The molecule has 1 amide bonds. The van der Waals surface area contributed by atoms with Crippen LogP contribution in [0.5, 0.6) is 5.75 Å². The van der Waals surface area contributed by atoms with E-state index in [1.54, 1.807) is 25.3 Å². The van der Waals surface area contributed by atoms with Crippen LogP contribution >= 0.6 is 0 Å². The zero-order chi connectivity index (χ0) is 12.8. The van der Waals surface area contributed by atoms with Crippen molar-refractivity contribution in [2.24, 2.45) is 0 Å². The maximum Gasteiger partial charge on any atom is 0.251 e. The highest BCUT2D eigenvalue weighted by Gasteiger charge is 2.09. The fraction of sp³-hybridized carbons (Fsp3) is 0.417. The van der Waals surface area contributed by atoms with E-state index < -0.39 is 0 Å². The number of nitrogens with one attached hydrogen (secondary N) is 1. The van der Waals surface area contributed by atoms with E-state index in [4.69, 9.17) is 15.2 Å². The summed E-state index contributed by atoms with van der Waals surface area (Å²) in [4.78, 5) is 11.8. The SMILES string of the molecule is COc1ccc(C(=O)NCC(C)OC)cc1N. The Balaban J connectivity index is 2.66. The topological polar surface area (TPSA) is 73.6 Å². The molecule has 17 heavy (non-hydrogen) atoms. The molecule has 0 fully saturated rings. The summed E-state index contributed by atoms with van der Waals surface area (Å²) in [6.07, 6.45) is -0.0189. The number of benzene rings is 1. The molecule has 0 aromatic heterocycles. The van der Waals surface area contributed by atoms with E-state index in [-0.39, 0.29) is 12.0 Å². The van der Waals surface area contributed by atoms with Crippen molar-refractivity contribution in [1.82, 2.24) is 5.32 Å². The highest BCUT2D eigenvalue weighted by Crippen LogP contribution is 2.21. The fourth-order valence-electron chi connectivity index (χ4n) is 1.30. The lowest BCUT2D eigenvalue weighted by atomic mass is 10.1. The molecule has 3 N–H and O–H groups in total. The molecule has 0 saturated carbocycles. The van der Waals surface area contributed by atoms with Gasteiger partial charge in [-0.2, -0.15) is 0 Å². The average Bonchev–Trinajstić information content (AvgIpc) is 2.35. The molecule has 0 bridgehead atoms. The Bertz CT molecular complexity index is 393. The average molecular weight is 238 g/mol. The summed E-state index contributed by atoms with van der Waals surface area (Å²) in [7, 11) is 3.13. The van der Waals surface area contributed by atoms with Crippen molar-refractivity contribution < 1.29 is 14.3 Å². The number of carbonyl (C=O) groups excluding carboxylic acids is 1. The van der Waals surface area contributed by atoms with E-state index in [0.717, 1.165) is 0 Å². The van der Waals surface area contributed by atoms with Gasteiger partial charge in [0, 0.05) is 19.2 Å². The summed E-state index contributed by atoms with van der Waals surface area (Å²) >= 11 is 0. The predicted octanol–water partition coefficient (Wildman–Crippen LogP) is 1.04. The Kier molecular flexibility index (Phi) is 4.78. The minimum absolute atomic E-state index is 0.0189. The fourth-order valence-corrected chi connectivity index (χ4v) is 1.30. The van der Waals surface area contributed by atoms with Crippen LogP contribution in [0.1, 0.15) is 17.3 Å². The van der Waals surface area contributed by atoms with Gasteiger partial charge in [-0.15, -0.1) is 0 Å². The summed E-state index contributed by atoms with van der Waals surface area (Å²) in [5, 5.41) is 2.75. The first-order valence-corrected chi connectivity index (χ1v) is 5.33. The van der Waals surface area contributed by atoms with E-state index in [1.807, 2.05) is 6.92 Å². The number of carbonyl (C=O) groups is 1. The number of anilines is 1. The van der Waals surface area contributed by atoms with Crippen LogP contribution in [0.4, 0.5) is 5.69 Å². The molecule has 94 valence electrons. The molecule has 1 atom stereocenters. The molecule has 0 aliphatic heterocycles. The van der Waals surface area contributed by atoms with Crippen LogP contribution in [0, 0.1) is 0 Å². The van der Waals surface area contributed by atoms with Crippen molar-refractivity contribution in [1.29, 1.82) is 0 Å². The van der Waals surface area contributed by atoms with Crippen LogP contribution in [-0.2, 0) is 4.74 Å². The van der Waals surface area contributed by atoms with Crippen LogP contribution < -0.4 is 15.8 Å². The molecule has 1 unspecified atom stereocenters. The molecule has 1 aromatic carbocycles. The summed E-state index contributed by atoms with van der Waals surface area (Å²) in [6.45, 7) is 2.34. The van der Waals surface area contributed by atoms with Crippen molar-refractivity contribution in [3.63, 3.8) is 0 Å². The maximum atomic E-state index is 11.8. The van der Waals surface area contributed by atoms with E-state index in [0.29, 0.717) is 23.5 Å². The number of ether oxygens (including phenoxy) is 2. The van der Waals surface area contributed by atoms with E-state index >= 15 is 0 Å². The first-order valence-electron chi connectivity index (χ1n) is 5.33. The summed E-state index contributed by atoms with van der Waals surface area (Å²) in [5.74, 6) is 0.384. The minimum atomic E-state index is -0.178. The lowest BCUT2D eigenvalue weighted by molar-refractivity contribution is 0.0870. The first-order chi connectivity index (χ1) is 8.08. The van der Waals surface area contributed by atoms with Gasteiger partial charge in [0.25, 0.3) is 5.91 Å². The van der Waals surface area contributed by atoms with E-state index in [2.05, 4.69) is 5.32 Å². The molecule has 0 spiro atoms. The van der Waals surface area contributed by atoms with Crippen LogP contribution in [0.3, 0.4) is 0 Å². The number of methoxy groups -OCH3 is 2. The van der Waals surface area contributed by atoms with Gasteiger partial charge in [-0.05, 0) is 25.1 Å². The lowest BCUT2D eigenvalue weighted by Crippen LogP contribution is -2.31. The molecule has 0 heterocycles. The van der Waals surface area contributed by atoms with Crippen molar-refractivity contribution in [2.75, 3.05) is 26.5 Å². The third-order valence-corrected chi connectivity index (χ3v) is 2.44. The Morgan fingerprint density at radius 1 is 1.47 bits per heavy atom. The Hall–Kier alpha value is -1.75. The van der Waals surface area contributed by atoms with Gasteiger partial charge in [-0.1, -0.05) is 0 Å². The number of nitrogens with two attached hydrogens (primary N) is 1. The summed E-state index contributed by atoms with van der Waals surface area (Å²) in [6, 6.07) is 4.93. The number of hydrogen-bond acceptors (Lipinski definition) is 4. The van der Waals surface area contributed by atoms with Crippen LogP contribution in [0.2, 0.25) is 0 Å². The maximum absolute atomic E-state index is 11.8.